The molecular formula is C10H20N2. The molecule has 0 aromatic carbocycles. The summed E-state index contributed by atoms with van der Waals surface area (Å²) >= 11 is 0. The van der Waals surface area contributed by atoms with Crippen LogP contribution in [0.1, 0.15) is 33.6 Å². The molecule has 2 aliphatic rings. The fraction of sp³-hybridized carbons (Fsp3) is 1.00. The van der Waals surface area contributed by atoms with E-state index in [1.807, 2.05) is 0 Å². The molecule has 70 valence electrons. The summed E-state index contributed by atoms with van der Waals surface area (Å²) in [4.78, 5) is 2.65. The second-order valence-electron chi connectivity index (χ2n) is 5.09. The van der Waals surface area contributed by atoms with Gasteiger partial charge in [0, 0.05) is 30.7 Å². The fourth-order valence-electron chi connectivity index (χ4n) is 2.40. The molecule has 0 spiro atoms. The predicted octanol–water partition coefficient (Wildman–Crippen LogP) is 1.22. The average Bonchev–Trinajstić information content (AvgIpc) is 2.61. The molecule has 1 atom stereocenters. The van der Waals surface area contributed by atoms with Crippen LogP contribution in [0.3, 0.4) is 0 Å². The minimum Gasteiger partial charge on any atom is -0.307 e. The van der Waals surface area contributed by atoms with E-state index >= 15 is 0 Å². The van der Waals surface area contributed by atoms with Crippen molar-refractivity contribution < 1.29 is 0 Å². The van der Waals surface area contributed by atoms with Gasteiger partial charge in [-0.05, 0) is 33.6 Å². The first kappa shape index (κ1) is 8.52. The molecule has 0 amide bonds. The van der Waals surface area contributed by atoms with E-state index in [0.29, 0.717) is 11.6 Å². The highest BCUT2D eigenvalue weighted by atomic mass is 15.3. The van der Waals surface area contributed by atoms with Crippen molar-refractivity contribution in [2.24, 2.45) is 0 Å². The average molecular weight is 168 g/mol. The Labute approximate surface area is 75.3 Å². The second-order valence-corrected chi connectivity index (χ2v) is 5.09. The first-order valence-corrected chi connectivity index (χ1v) is 5.08. The lowest BCUT2D eigenvalue weighted by Gasteiger charge is -2.43. The van der Waals surface area contributed by atoms with Crippen molar-refractivity contribution in [2.45, 2.75) is 51.2 Å². The van der Waals surface area contributed by atoms with Crippen molar-refractivity contribution in [1.29, 1.82) is 0 Å². The highest BCUT2D eigenvalue weighted by Crippen LogP contribution is 2.30. The maximum absolute atomic E-state index is 3.63. The van der Waals surface area contributed by atoms with Crippen LogP contribution < -0.4 is 5.32 Å². The molecule has 2 nitrogen and oxygen atoms in total. The summed E-state index contributed by atoms with van der Waals surface area (Å²) in [6.07, 6.45) is 2.87. The number of hydrogen-bond donors (Lipinski definition) is 1. The molecule has 0 radical (unpaired) electrons. The summed E-state index contributed by atoms with van der Waals surface area (Å²) in [5.74, 6) is 0. The topological polar surface area (TPSA) is 15.3 Å². The lowest BCUT2D eigenvalue weighted by atomic mass is 9.99. The summed E-state index contributed by atoms with van der Waals surface area (Å²) in [7, 11) is 0. The van der Waals surface area contributed by atoms with Gasteiger partial charge in [-0.3, -0.25) is 4.90 Å². The van der Waals surface area contributed by atoms with Gasteiger partial charge in [0.25, 0.3) is 0 Å². The standard InChI is InChI=1S/C10H20N2/c1-8-6-12(9-4-5-9)7-10(2,3)11-8/h8-9,11H,4-7H2,1-3H3. The summed E-state index contributed by atoms with van der Waals surface area (Å²) in [6.45, 7) is 9.36. The molecule has 1 unspecified atom stereocenters. The number of rotatable bonds is 1. The molecule has 0 bridgehead atoms. The molecule has 12 heavy (non-hydrogen) atoms. The molecule has 1 saturated carbocycles. The van der Waals surface area contributed by atoms with Crippen molar-refractivity contribution in [2.75, 3.05) is 13.1 Å². The molecule has 1 saturated heterocycles. The summed E-state index contributed by atoms with van der Waals surface area (Å²) in [5.41, 5.74) is 0.320. The summed E-state index contributed by atoms with van der Waals surface area (Å²) in [6, 6.07) is 1.59. The summed E-state index contributed by atoms with van der Waals surface area (Å²) < 4.78 is 0. The van der Waals surface area contributed by atoms with E-state index in [9.17, 15) is 0 Å². The van der Waals surface area contributed by atoms with Crippen molar-refractivity contribution in [1.82, 2.24) is 10.2 Å². The van der Waals surface area contributed by atoms with E-state index in [1.54, 1.807) is 0 Å². The Morgan fingerprint density at radius 1 is 1.33 bits per heavy atom. The molecule has 0 aromatic heterocycles. The fourth-order valence-corrected chi connectivity index (χ4v) is 2.40. The first-order valence-electron chi connectivity index (χ1n) is 5.08. The molecule has 1 aliphatic heterocycles. The van der Waals surface area contributed by atoms with Gasteiger partial charge in [-0.2, -0.15) is 0 Å². The van der Waals surface area contributed by atoms with Gasteiger partial charge in [0.05, 0.1) is 0 Å². The monoisotopic (exact) mass is 168 g/mol. The number of hydrogen-bond acceptors (Lipinski definition) is 2. The molecule has 1 aliphatic carbocycles. The molecule has 0 aromatic rings. The lowest BCUT2D eigenvalue weighted by Crippen LogP contribution is -2.61. The zero-order chi connectivity index (χ0) is 8.77. The highest BCUT2D eigenvalue weighted by Gasteiger charge is 2.37. The molecular weight excluding hydrogens is 148 g/mol. The Morgan fingerprint density at radius 3 is 2.50 bits per heavy atom. The third kappa shape index (κ3) is 1.80. The van der Waals surface area contributed by atoms with Gasteiger partial charge in [-0.15, -0.1) is 0 Å². The maximum Gasteiger partial charge on any atom is 0.0255 e. The first-order chi connectivity index (χ1) is 5.57. The van der Waals surface area contributed by atoms with Crippen LogP contribution in [0, 0.1) is 0 Å². The van der Waals surface area contributed by atoms with E-state index in [0.717, 1.165) is 6.04 Å². The highest BCUT2D eigenvalue weighted by molar-refractivity contribution is 4.96. The minimum absolute atomic E-state index is 0.320. The Morgan fingerprint density at radius 2 is 2.00 bits per heavy atom. The van der Waals surface area contributed by atoms with Crippen LogP contribution in [0.4, 0.5) is 0 Å². The van der Waals surface area contributed by atoms with Gasteiger partial charge in [0.2, 0.25) is 0 Å². The summed E-state index contributed by atoms with van der Waals surface area (Å²) in [5, 5.41) is 3.63. The second kappa shape index (κ2) is 2.71. The van der Waals surface area contributed by atoms with Gasteiger partial charge in [0.15, 0.2) is 0 Å². The van der Waals surface area contributed by atoms with Crippen molar-refractivity contribution in [3.63, 3.8) is 0 Å². The Bertz CT molecular complexity index is 173. The van der Waals surface area contributed by atoms with Gasteiger partial charge >= 0.3 is 0 Å². The van der Waals surface area contributed by atoms with Crippen LogP contribution in [0.15, 0.2) is 0 Å². The third-order valence-electron chi connectivity index (χ3n) is 2.81. The van der Waals surface area contributed by atoms with Crippen LogP contribution >= 0.6 is 0 Å². The quantitative estimate of drug-likeness (QED) is 0.633. The van der Waals surface area contributed by atoms with E-state index in [1.165, 1.54) is 25.9 Å². The minimum atomic E-state index is 0.320. The van der Waals surface area contributed by atoms with Crippen molar-refractivity contribution >= 4 is 0 Å². The van der Waals surface area contributed by atoms with E-state index in [4.69, 9.17) is 0 Å². The molecule has 2 rings (SSSR count). The van der Waals surface area contributed by atoms with Crippen molar-refractivity contribution in [3.8, 4) is 0 Å². The van der Waals surface area contributed by atoms with Gasteiger partial charge in [-0.25, -0.2) is 0 Å². The maximum atomic E-state index is 3.63. The molecule has 2 heteroatoms. The van der Waals surface area contributed by atoms with E-state index in [2.05, 4.69) is 31.0 Å². The van der Waals surface area contributed by atoms with Crippen molar-refractivity contribution in [3.05, 3.63) is 0 Å². The van der Waals surface area contributed by atoms with E-state index < -0.39 is 0 Å². The van der Waals surface area contributed by atoms with Gasteiger partial charge < -0.3 is 5.32 Å². The zero-order valence-electron chi connectivity index (χ0n) is 8.43. The normalized spacial score (nSPS) is 36.8. The largest absolute Gasteiger partial charge is 0.307 e. The van der Waals surface area contributed by atoms with Crippen LogP contribution in [-0.4, -0.2) is 35.6 Å². The molecule has 2 fully saturated rings. The van der Waals surface area contributed by atoms with Crippen LogP contribution in [-0.2, 0) is 0 Å². The SMILES string of the molecule is CC1CN(C2CC2)CC(C)(C)N1. The zero-order valence-corrected chi connectivity index (χ0v) is 8.43. The Hall–Kier alpha value is -0.0800. The van der Waals surface area contributed by atoms with Gasteiger partial charge in [0.1, 0.15) is 0 Å². The van der Waals surface area contributed by atoms with E-state index in [-0.39, 0.29) is 0 Å². The Kier molecular flexibility index (Phi) is 1.92. The van der Waals surface area contributed by atoms with Crippen LogP contribution in [0.2, 0.25) is 0 Å². The molecule has 1 N–H and O–H groups in total. The Balaban J connectivity index is 1.98. The molecule has 1 heterocycles. The third-order valence-corrected chi connectivity index (χ3v) is 2.81. The van der Waals surface area contributed by atoms with Crippen LogP contribution in [0.25, 0.3) is 0 Å². The van der Waals surface area contributed by atoms with Crippen LogP contribution in [0.5, 0.6) is 0 Å². The number of nitrogens with one attached hydrogen (secondary N) is 1. The number of nitrogens with zero attached hydrogens (tertiary/aromatic N) is 1. The smallest absolute Gasteiger partial charge is 0.0255 e. The predicted molar refractivity (Wildman–Crippen MR) is 51.3 cm³/mol. The van der Waals surface area contributed by atoms with Gasteiger partial charge in [-0.1, -0.05) is 0 Å². The number of piperazine rings is 1. The lowest BCUT2D eigenvalue weighted by molar-refractivity contribution is 0.117.